The summed E-state index contributed by atoms with van der Waals surface area (Å²) < 4.78 is 5.35. The van der Waals surface area contributed by atoms with Crippen LogP contribution in [0.15, 0.2) is 28.9 Å². The van der Waals surface area contributed by atoms with E-state index >= 15 is 0 Å². The summed E-state index contributed by atoms with van der Waals surface area (Å²) in [6, 6.07) is 6.39. The third-order valence-electron chi connectivity index (χ3n) is 2.20. The summed E-state index contributed by atoms with van der Waals surface area (Å²) in [6.45, 7) is 4.26. The zero-order valence-corrected chi connectivity index (χ0v) is 7.42. The van der Waals surface area contributed by atoms with Gasteiger partial charge < -0.3 is 4.42 Å². The van der Waals surface area contributed by atoms with E-state index < -0.39 is 0 Å². The van der Waals surface area contributed by atoms with E-state index in [9.17, 15) is 0 Å². The first-order valence-corrected chi connectivity index (χ1v) is 4.28. The highest BCUT2D eigenvalue weighted by Crippen LogP contribution is 2.21. The first-order chi connectivity index (χ1) is 5.81. The Balaban J connectivity index is 2.75. The average molecular weight is 160 g/mol. The Morgan fingerprint density at radius 2 is 2.17 bits per heavy atom. The molecule has 0 radical (unpaired) electrons. The van der Waals surface area contributed by atoms with Crippen molar-refractivity contribution in [1.82, 2.24) is 0 Å². The van der Waals surface area contributed by atoms with Crippen molar-refractivity contribution in [2.75, 3.05) is 0 Å². The molecule has 0 aliphatic rings. The van der Waals surface area contributed by atoms with Crippen LogP contribution < -0.4 is 0 Å². The Kier molecular flexibility index (Phi) is 1.65. The Morgan fingerprint density at radius 3 is 2.92 bits per heavy atom. The van der Waals surface area contributed by atoms with Crippen molar-refractivity contribution in [3.8, 4) is 0 Å². The fourth-order valence-electron chi connectivity index (χ4n) is 1.54. The van der Waals surface area contributed by atoms with Gasteiger partial charge in [-0.05, 0) is 36.6 Å². The molecule has 0 aliphatic carbocycles. The van der Waals surface area contributed by atoms with Gasteiger partial charge in [-0.3, -0.25) is 0 Å². The predicted molar refractivity (Wildman–Crippen MR) is 50.3 cm³/mol. The molecule has 0 amide bonds. The van der Waals surface area contributed by atoms with Crippen LogP contribution in [0.5, 0.6) is 0 Å². The largest absolute Gasteiger partial charge is 0.464 e. The number of fused-ring (bicyclic) bond motifs is 1. The van der Waals surface area contributed by atoms with Crippen LogP contribution in [-0.4, -0.2) is 0 Å². The van der Waals surface area contributed by atoms with E-state index in [4.69, 9.17) is 4.42 Å². The van der Waals surface area contributed by atoms with Gasteiger partial charge in [0.1, 0.15) is 5.58 Å². The van der Waals surface area contributed by atoms with Crippen LogP contribution in [0.4, 0.5) is 0 Å². The fourth-order valence-corrected chi connectivity index (χ4v) is 1.54. The van der Waals surface area contributed by atoms with Crippen LogP contribution >= 0.6 is 0 Å². The smallest absolute Gasteiger partial charge is 0.136 e. The standard InChI is InChI=1S/C11H12O/c1-3-9-6-8(2)11-10(7-9)4-5-12-11/h4-7H,3H2,1-2H3. The van der Waals surface area contributed by atoms with Crippen molar-refractivity contribution < 1.29 is 4.42 Å². The summed E-state index contributed by atoms with van der Waals surface area (Å²) >= 11 is 0. The van der Waals surface area contributed by atoms with Crippen molar-refractivity contribution in [1.29, 1.82) is 0 Å². The van der Waals surface area contributed by atoms with Gasteiger partial charge >= 0.3 is 0 Å². The first-order valence-electron chi connectivity index (χ1n) is 4.28. The van der Waals surface area contributed by atoms with Crippen LogP contribution in [0.25, 0.3) is 11.0 Å². The number of furan rings is 1. The molecule has 0 saturated carbocycles. The summed E-state index contributed by atoms with van der Waals surface area (Å²) in [5, 5.41) is 1.21. The molecule has 0 bridgehead atoms. The SMILES string of the molecule is CCc1cc(C)c2occc2c1. The van der Waals surface area contributed by atoms with E-state index in [1.165, 1.54) is 16.5 Å². The Labute approximate surface area is 72.0 Å². The number of hydrogen-bond acceptors (Lipinski definition) is 1. The molecule has 0 aliphatic heterocycles. The topological polar surface area (TPSA) is 13.1 Å². The molecule has 2 rings (SSSR count). The molecule has 12 heavy (non-hydrogen) atoms. The van der Waals surface area contributed by atoms with Gasteiger partial charge in [0.15, 0.2) is 0 Å². The lowest BCUT2D eigenvalue weighted by molar-refractivity contribution is 0.613. The lowest BCUT2D eigenvalue weighted by atomic mass is 10.1. The van der Waals surface area contributed by atoms with Crippen LogP contribution in [0, 0.1) is 6.92 Å². The third kappa shape index (κ3) is 1.02. The molecule has 0 fully saturated rings. The molecule has 0 unspecified atom stereocenters. The van der Waals surface area contributed by atoms with Gasteiger partial charge in [0.2, 0.25) is 0 Å². The Hall–Kier alpha value is -1.24. The first kappa shape index (κ1) is 7.41. The maximum absolute atomic E-state index is 5.35. The van der Waals surface area contributed by atoms with Gasteiger partial charge in [0.25, 0.3) is 0 Å². The van der Waals surface area contributed by atoms with E-state index in [1.54, 1.807) is 6.26 Å². The molecule has 0 spiro atoms. The average Bonchev–Trinajstić information content (AvgIpc) is 2.52. The maximum Gasteiger partial charge on any atom is 0.136 e. The maximum atomic E-state index is 5.35. The number of benzene rings is 1. The quantitative estimate of drug-likeness (QED) is 0.623. The van der Waals surface area contributed by atoms with E-state index in [2.05, 4.69) is 26.0 Å². The zero-order chi connectivity index (χ0) is 8.55. The van der Waals surface area contributed by atoms with Gasteiger partial charge in [0, 0.05) is 5.39 Å². The number of rotatable bonds is 1. The summed E-state index contributed by atoms with van der Waals surface area (Å²) in [6.07, 6.45) is 2.83. The van der Waals surface area contributed by atoms with Crippen molar-refractivity contribution >= 4 is 11.0 Å². The van der Waals surface area contributed by atoms with E-state index in [1.807, 2.05) is 6.07 Å². The monoisotopic (exact) mass is 160 g/mol. The molecular weight excluding hydrogens is 148 g/mol. The van der Waals surface area contributed by atoms with Crippen LogP contribution in [0.3, 0.4) is 0 Å². The van der Waals surface area contributed by atoms with Crippen LogP contribution in [-0.2, 0) is 6.42 Å². The van der Waals surface area contributed by atoms with Gasteiger partial charge in [-0.1, -0.05) is 13.0 Å². The van der Waals surface area contributed by atoms with Gasteiger partial charge in [0.05, 0.1) is 6.26 Å². The lowest BCUT2D eigenvalue weighted by Crippen LogP contribution is -1.81. The summed E-state index contributed by atoms with van der Waals surface area (Å²) in [7, 11) is 0. The minimum Gasteiger partial charge on any atom is -0.464 e. The number of hydrogen-bond donors (Lipinski definition) is 0. The highest BCUT2D eigenvalue weighted by molar-refractivity contribution is 5.80. The fraction of sp³-hybridized carbons (Fsp3) is 0.273. The summed E-state index contributed by atoms with van der Waals surface area (Å²) in [5.74, 6) is 0. The molecule has 2 aromatic rings. The van der Waals surface area contributed by atoms with Gasteiger partial charge in [-0.2, -0.15) is 0 Å². The molecule has 1 heterocycles. The molecule has 1 heteroatoms. The molecule has 1 nitrogen and oxygen atoms in total. The number of aryl methyl sites for hydroxylation is 2. The molecule has 0 N–H and O–H groups in total. The van der Waals surface area contributed by atoms with Gasteiger partial charge in [-0.15, -0.1) is 0 Å². The molecule has 0 saturated heterocycles. The molecule has 0 atom stereocenters. The van der Waals surface area contributed by atoms with Gasteiger partial charge in [-0.25, -0.2) is 0 Å². The molecule has 1 aromatic heterocycles. The van der Waals surface area contributed by atoms with E-state index in [0.29, 0.717) is 0 Å². The van der Waals surface area contributed by atoms with E-state index in [-0.39, 0.29) is 0 Å². The van der Waals surface area contributed by atoms with E-state index in [0.717, 1.165) is 12.0 Å². The van der Waals surface area contributed by atoms with Crippen molar-refractivity contribution in [3.05, 3.63) is 35.6 Å². The normalized spacial score (nSPS) is 10.8. The minimum atomic E-state index is 1.02. The van der Waals surface area contributed by atoms with Crippen LogP contribution in [0.1, 0.15) is 18.1 Å². The zero-order valence-electron chi connectivity index (χ0n) is 7.42. The minimum absolute atomic E-state index is 1.02. The van der Waals surface area contributed by atoms with Crippen molar-refractivity contribution in [3.63, 3.8) is 0 Å². The molecular formula is C11H12O. The molecule has 1 aromatic carbocycles. The Bertz CT molecular complexity index is 398. The van der Waals surface area contributed by atoms with Crippen molar-refractivity contribution in [2.24, 2.45) is 0 Å². The Morgan fingerprint density at radius 1 is 1.33 bits per heavy atom. The second kappa shape index (κ2) is 2.67. The summed E-state index contributed by atoms with van der Waals surface area (Å²) in [4.78, 5) is 0. The van der Waals surface area contributed by atoms with Crippen molar-refractivity contribution in [2.45, 2.75) is 20.3 Å². The highest BCUT2D eigenvalue weighted by Gasteiger charge is 2.01. The predicted octanol–water partition coefficient (Wildman–Crippen LogP) is 3.30. The highest BCUT2D eigenvalue weighted by atomic mass is 16.3. The second-order valence-electron chi connectivity index (χ2n) is 3.11. The lowest BCUT2D eigenvalue weighted by Gasteiger charge is -1.99. The summed E-state index contributed by atoms with van der Waals surface area (Å²) in [5.41, 5.74) is 3.63. The third-order valence-corrected chi connectivity index (χ3v) is 2.20. The van der Waals surface area contributed by atoms with Crippen LogP contribution in [0.2, 0.25) is 0 Å². The second-order valence-corrected chi connectivity index (χ2v) is 3.11. The molecule has 62 valence electrons.